The van der Waals surface area contributed by atoms with E-state index in [4.69, 9.17) is 11.6 Å². The van der Waals surface area contributed by atoms with Crippen molar-refractivity contribution in [1.29, 1.82) is 0 Å². The summed E-state index contributed by atoms with van der Waals surface area (Å²) >= 11 is 5.84. The molecule has 1 fully saturated rings. The third-order valence-electron chi connectivity index (χ3n) is 5.58. The predicted molar refractivity (Wildman–Crippen MR) is 124 cm³/mol. The van der Waals surface area contributed by atoms with Gasteiger partial charge in [-0.2, -0.15) is 4.31 Å². The largest absolute Gasteiger partial charge is 0.355 e. The molecule has 32 heavy (non-hydrogen) atoms. The average molecular weight is 478 g/mol. The summed E-state index contributed by atoms with van der Waals surface area (Å²) in [4.78, 5) is 26.4. The van der Waals surface area contributed by atoms with Crippen LogP contribution in [0.25, 0.3) is 0 Å². The van der Waals surface area contributed by atoms with Gasteiger partial charge in [0.05, 0.1) is 4.90 Å². The van der Waals surface area contributed by atoms with Crippen LogP contribution >= 0.6 is 11.6 Å². The highest BCUT2D eigenvalue weighted by Crippen LogP contribution is 2.20. The van der Waals surface area contributed by atoms with Crippen LogP contribution in [0.1, 0.15) is 31.2 Å². The van der Waals surface area contributed by atoms with Crippen LogP contribution in [-0.4, -0.2) is 62.2 Å². The molecule has 0 spiro atoms. The molecule has 1 atom stereocenters. The number of halogens is 1. The van der Waals surface area contributed by atoms with Crippen molar-refractivity contribution in [3.8, 4) is 0 Å². The van der Waals surface area contributed by atoms with Gasteiger partial charge in [-0.15, -0.1) is 0 Å². The molecule has 7 nitrogen and oxygen atoms in total. The summed E-state index contributed by atoms with van der Waals surface area (Å²) in [5, 5.41) is 3.35. The van der Waals surface area contributed by atoms with Gasteiger partial charge in [0, 0.05) is 50.6 Å². The van der Waals surface area contributed by atoms with Crippen LogP contribution in [0.3, 0.4) is 0 Å². The number of benzene rings is 2. The molecule has 1 N–H and O–H groups in total. The molecule has 1 aliphatic heterocycles. The normalized spacial score (nSPS) is 15.9. The van der Waals surface area contributed by atoms with Crippen molar-refractivity contribution in [1.82, 2.24) is 14.5 Å². The molecular weight excluding hydrogens is 450 g/mol. The van der Waals surface area contributed by atoms with Gasteiger partial charge in [0.1, 0.15) is 0 Å². The van der Waals surface area contributed by atoms with E-state index in [9.17, 15) is 18.0 Å². The second kappa shape index (κ2) is 10.9. The van der Waals surface area contributed by atoms with E-state index in [0.29, 0.717) is 24.7 Å². The van der Waals surface area contributed by atoms with Crippen LogP contribution in [0.15, 0.2) is 59.5 Å². The maximum Gasteiger partial charge on any atom is 0.243 e. The number of hydrogen-bond acceptors (Lipinski definition) is 4. The molecular formula is C23H28ClN3O4S. The Labute approximate surface area is 194 Å². The lowest BCUT2D eigenvalue weighted by molar-refractivity contribution is -0.134. The SMILES string of the molecule is CC(CNC(=O)CCC(=O)N1CCN(S(=O)(=O)c2ccc(Cl)cc2)CC1)c1ccccc1. The monoisotopic (exact) mass is 477 g/mol. The number of nitrogens with one attached hydrogen (secondary N) is 1. The van der Waals surface area contributed by atoms with Crippen LogP contribution < -0.4 is 5.32 Å². The Bertz CT molecular complexity index is 1020. The van der Waals surface area contributed by atoms with E-state index in [-0.39, 0.29) is 48.6 Å². The summed E-state index contributed by atoms with van der Waals surface area (Å²) in [5.41, 5.74) is 1.15. The lowest BCUT2D eigenvalue weighted by Crippen LogP contribution is -2.50. The second-order valence-corrected chi connectivity index (χ2v) is 10.2. The van der Waals surface area contributed by atoms with Gasteiger partial charge >= 0.3 is 0 Å². The molecule has 2 amide bonds. The first-order chi connectivity index (χ1) is 15.3. The minimum atomic E-state index is -3.62. The van der Waals surface area contributed by atoms with E-state index in [1.165, 1.54) is 16.4 Å². The lowest BCUT2D eigenvalue weighted by Gasteiger charge is -2.34. The summed E-state index contributed by atoms with van der Waals surface area (Å²) in [5.74, 6) is -0.114. The summed E-state index contributed by atoms with van der Waals surface area (Å²) in [6.07, 6.45) is 0.221. The summed E-state index contributed by atoms with van der Waals surface area (Å²) < 4.78 is 26.9. The van der Waals surface area contributed by atoms with E-state index in [2.05, 4.69) is 5.32 Å². The van der Waals surface area contributed by atoms with Gasteiger partial charge in [-0.25, -0.2) is 8.42 Å². The van der Waals surface area contributed by atoms with E-state index in [0.717, 1.165) is 5.56 Å². The molecule has 0 saturated carbocycles. The molecule has 1 aliphatic rings. The molecule has 0 radical (unpaired) electrons. The molecule has 3 rings (SSSR count). The quantitative estimate of drug-likeness (QED) is 0.633. The lowest BCUT2D eigenvalue weighted by atomic mass is 10.0. The summed E-state index contributed by atoms with van der Waals surface area (Å²) in [6, 6.07) is 16.0. The standard InChI is InChI=1S/C23H28ClN3O4S/c1-18(19-5-3-2-4-6-19)17-25-22(28)11-12-23(29)26-13-15-27(16-14-26)32(30,31)21-9-7-20(24)8-10-21/h2-10,18H,11-17H2,1H3,(H,25,28). The first kappa shape index (κ1) is 24.2. The third-order valence-corrected chi connectivity index (χ3v) is 7.75. The van der Waals surface area contributed by atoms with Crippen LogP contribution in [0.5, 0.6) is 0 Å². The van der Waals surface area contributed by atoms with Crippen molar-refractivity contribution in [2.24, 2.45) is 0 Å². The van der Waals surface area contributed by atoms with Gasteiger partial charge in [-0.3, -0.25) is 9.59 Å². The second-order valence-electron chi connectivity index (χ2n) is 7.85. The zero-order chi connectivity index (χ0) is 23.1. The van der Waals surface area contributed by atoms with Gasteiger partial charge in [-0.05, 0) is 35.7 Å². The van der Waals surface area contributed by atoms with Crippen molar-refractivity contribution in [3.63, 3.8) is 0 Å². The van der Waals surface area contributed by atoms with Crippen LogP contribution in [0.4, 0.5) is 0 Å². The van der Waals surface area contributed by atoms with Crippen LogP contribution in [-0.2, 0) is 19.6 Å². The van der Waals surface area contributed by atoms with Crippen molar-refractivity contribution >= 4 is 33.4 Å². The molecule has 2 aromatic rings. The van der Waals surface area contributed by atoms with Gasteiger partial charge < -0.3 is 10.2 Å². The summed E-state index contributed by atoms with van der Waals surface area (Å²) in [6.45, 7) is 3.60. The molecule has 1 heterocycles. The Kier molecular flexibility index (Phi) is 8.28. The van der Waals surface area contributed by atoms with E-state index in [1.807, 2.05) is 37.3 Å². The first-order valence-corrected chi connectivity index (χ1v) is 12.4. The fourth-order valence-corrected chi connectivity index (χ4v) is 5.11. The fraction of sp³-hybridized carbons (Fsp3) is 0.391. The van der Waals surface area contributed by atoms with E-state index < -0.39 is 10.0 Å². The highest BCUT2D eigenvalue weighted by atomic mass is 35.5. The number of nitrogens with zero attached hydrogens (tertiary/aromatic N) is 2. The zero-order valence-corrected chi connectivity index (χ0v) is 19.6. The average Bonchev–Trinajstić information content (AvgIpc) is 2.82. The van der Waals surface area contributed by atoms with Crippen molar-refractivity contribution in [3.05, 3.63) is 65.2 Å². The number of carbonyl (C=O) groups excluding carboxylic acids is 2. The minimum absolute atomic E-state index is 0.107. The molecule has 0 aromatic heterocycles. The minimum Gasteiger partial charge on any atom is -0.355 e. The summed E-state index contributed by atoms with van der Waals surface area (Å²) in [7, 11) is -3.62. The first-order valence-electron chi connectivity index (χ1n) is 10.6. The number of amides is 2. The smallest absolute Gasteiger partial charge is 0.243 e. The maximum absolute atomic E-state index is 12.7. The van der Waals surface area contributed by atoms with E-state index >= 15 is 0 Å². The zero-order valence-electron chi connectivity index (χ0n) is 18.0. The Morgan fingerprint density at radius 2 is 1.59 bits per heavy atom. The van der Waals surface area contributed by atoms with Crippen LogP contribution in [0, 0.1) is 0 Å². The molecule has 9 heteroatoms. The highest BCUT2D eigenvalue weighted by molar-refractivity contribution is 7.89. The van der Waals surface area contributed by atoms with Crippen LogP contribution in [0.2, 0.25) is 5.02 Å². The van der Waals surface area contributed by atoms with Crippen molar-refractivity contribution in [2.45, 2.75) is 30.6 Å². The number of rotatable bonds is 8. The maximum atomic E-state index is 12.7. The fourth-order valence-electron chi connectivity index (χ4n) is 3.57. The Hall–Kier alpha value is -2.42. The Balaban J connectivity index is 1.41. The van der Waals surface area contributed by atoms with Crippen molar-refractivity contribution in [2.75, 3.05) is 32.7 Å². The molecule has 1 saturated heterocycles. The number of piperazine rings is 1. The molecule has 0 bridgehead atoms. The predicted octanol–water partition coefficient (Wildman–Crippen LogP) is 2.87. The molecule has 1 unspecified atom stereocenters. The molecule has 172 valence electrons. The third kappa shape index (κ3) is 6.31. The Morgan fingerprint density at radius 3 is 2.22 bits per heavy atom. The van der Waals surface area contributed by atoms with Gasteiger partial charge in [0.15, 0.2) is 0 Å². The number of sulfonamides is 1. The number of carbonyl (C=O) groups is 2. The number of hydrogen-bond donors (Lipinski definition) is 1. The van der Waals surface area contributed by atoms with Crippen molar-refractivity contribution < 1.29 is 18.0 Å². The van der Waals surface area contributed by atoms with Gasteiger partial charge in [-0.1, -0.05) is 48.9 Å². The topological polar surface area (TPSA) is 86.8 Å². The highest BCUT2D eigenvalue weighted by Gasteiger charge is 2.30. The molecule has 0 aliphatic carbocycles. The molecule has 2 aromatic carbocycles. The Morgan fingerprint density at radius 1 is 0.969 bits per heavy atom. The van der Waals surface area contributed by atoms with E-state index in [1.54, 1.807) is 17.0 Å². The van der Waals surface area contributed by atoms with Gasteiger partial charge in [0.2, 0.25) is 21.8 Å². The van der Waals surface area contributed by atoms with Gasteiger partial charge in [0.25, 0.3) is 0 Å².